The lowest BCUT2D eigenvalue weighted by atomic mass is 10.3. The van der Waals surface area contributed by atoms with Gasteiger partial charge in [0.1, 0.15) is 17.8 Å². The van der Waals surface area contributed by atoms with Crippen LogP contribution >= 0.6 is 0 Å². The highest BCUT2D eigenvalue weighted by Gasteiger charge is 2.05. The summed E-state index contributed by atoms with van der Waals surface area (Å²) >= 11 is 0. The number of tetrazole rings is 1. The third-order valence-electron chi connectivity index (χ3n) is 1.57. The first-order valence-electron chi connectivity index (χ1n) is 3.56. The van der Waals surface area contributed by atoms with Crippen molar-refractivity contribution >= 4 is 5.69 Å². The zero-order valence-corrected chi connectivity index (χ0v) is 6.55. The minimum atomic E-state index is -0.415. The van der Waals surface area contributed by atoms with Crippen LogP contribution in [0.3, 0.4) is 0 Å². The molecule has 0 aliphatic rings. The van der Waals surface area contributed by atoms with Crippen LogP contribution in [0.5, 0.6) is 0 Å². The van der Waals surface area contributed by atoms with Crippen LogP contribution < -0.4 is 5.73 Å². The Hall–Kier alpha value is -1.98. The van der Waals surface area contributed by atoms with Crippen LogP contribution in [-0.2, 0) is 0 Å². The molecule has 0 amide bonds. The van der Waals surface area contributed by atoms with Crippen molar-refractivity contribution in [1.82, 2.24) is 20.2 Å². The number of benzene rings is 1. The van der Waals surface area contributed by atoms with Crippen molar-refractivity contribution in [2.45, 2.75) is 0 Å². The van der Waals surface area contributed by atoms with Gasteiger partial charge in [0.25, 0.3) is 0 Å². The molecular weight excluding hydrogens is 173 g/mol. The number of hydrogen-bond donors (Lipinski definition) is 1. The van der Waals surface area contributed by atoms with E-state index in [9.17, 15) is 4.39 Å². The molecule has 0 saturated heterocycles. The van der Waals surface area contributed by atoms with E-state index in [-0.39, 0.29) is 5.69 Å². The molecule has 2 rings (SSSR count). The summed E-state index contributed by atoms with van der Waals surface area (Å²) in [5, 5.41) is 10.3. The lowest BCUT2D eigenvalue weighted by Crippen LogP contribution is -2.00. The van der Waals surface area contributed by atoms with Crippen molar-refractivity contribution in [2.75, 3.05) is 5.73 Å². The molecule has 1 aromatic heterocycles. The average molecular weight is 179 g/mol. The summed E-state index contributed by atoms with van der Waals surface area (Å²) in [6.07, 6.45) is 1.30. The molecule has 1 aromatic carbocycles. The summed E-state index contributed by atoms with van der Waals surface area (Å²) in [6.45, 7) is 0. The Labute approximate surface area is 73.0 Å². The van der Waals surface area contributed by atoms with Crippen LogP contribution in [0.1, 0.15) is 0 Å². The highest BCUT2D eigenvalue weighted by molar-refractivity contribution is 5.47. The highest BCUT2D eigenvalue weighted by Crippen LogP contribution is 2.14. The fourth-order valence-corrected chi connectivity index (χ4v) is 0.977. The zero-order valence-electron chi connectivity index (χ0n) is 6.55. The smallest absolute Gasteiger partial charge is 0.149 e. The van der Waals surface area contributed by atoms with Crippen molar-refractivity contribution in [2.24, 2.45) is 0 Å². The Morgan fingerprint density at radius 1 is 1.38 bits per heavy atom. The molecule has 0 fully saturated rings. The summed E-state index contributed by atoms with van der Waals surface area (Å²) < 4.78 is 14.4. The lowest BCUT2D eigenvalue weighted by molar-refractivity contribution is 0.607. The number of nitrogens with zero attached hydrogens (tertiary/aromatic N) is 4. The molecule has 66 valence electrons. The second-order valence-electron chi connectivity index (χ2n) is 2.47. The number of halogens is 1. The molecule has 0 unspecified atom stereocenters. The molecule has 13 heavy (non-hydrogen) atoms. The summed E-state index contributed by atoms with van der Waals surface area (Å²) in [6, 6.07) is 4.21. The Bertz CT molecular complexity index is 411. The lowest BCUT2D eigenvalue weighted by Gasteiger charge is -2.01. The molecule has 2 N–H and O–H groups in total. The van der Waals surface area contributed by atoms with Gasteiger partial charge in [0.05, 0.1) is 0 Å². The van der Waals surface area contributed by atoms with Crippen LogP contribution in [0, 0.1) is 5.82 Å². The number of nitrogens with two attached hydrogens (primary N) is 1. The molecule has 2 aromatic rings. The van der Waals surface area contributed by atoms with Gasteiger partial charge in [-0.25, -0.2) is 4.39 Å². The number of aromatic nitrogens is 4. The van der Waals surface area contributed by atoms with E-state index >= 15 is 0 Å². The Morgan fingerprint density at radius 3 is 2.92 bits per heavy atom. The SMILES string of the molecule is Nc1ccc(F)c(-n2cnnn2)c1. The predicted molar refractivity (Wildman–Crippen MR) is 43.5 cm³/mol. The topological polar surface area (TPSA) is 69.6 Å². The fraction of sp³-hybridized carbons (Fsp3) is 0. The molecule has 0 atom stereocenters. The highest BCUT2D eigenvalue weighted by atomic mass is 19.1. The maximum atomic E-state index is 13.2. The van der Waals surface area contributed by atoms with Crippen molar-refractivity contribution in [3.63, 3.8) is 0 Å². The number of rotatable bonds is 1. The van der Waals surface area contributed by atoms with Gasteiger partial charge in [0.15, 0.2) is 0 Å². The minimum absolute atomic E-state index is 0.241. The fourth-order valence-electron chi connectivity index (χ4n) is 0.977. The third kappa shape index (κ3) is 1.33. The van der Waals surface area contributed by atoms with Crippen LogP contribution in [0.4, 0.5) is 10.1 Å². The van der Waals surface area contributed by atoms with E-state index < -0.39 is 5.82 Å². The van der Waals surface area contributed by atoms with Gasteiger partial charge < -0.3 is 5.73 Å². The van der Waals surface area contributed by atoms with E-state index in [1.807, 2.05) is 0 Å². The van der Waals surface area contributed by atoms with Gasteiger partial charge in [-0.05, 0) is 28.6 Å². The van der Waals surface area contributed by atoms with Gasteiger partial charge >= 0.3 is 0 Å². The van der Waals surface area contributed by atoms with E-state index in [4.69, 9.17) is 5.73 Å². The summed E-state index contributed by atoms with van der Waals surface area (Å²) in [4.78, 5) is 0. The van der Waals surface area contributed by atoms with E-state index in [0.717, 1.165) is 0 Å². The van der Waals surface area contributed by atoms with Crippen LogP contribution in [0.15, 0.2) is 24.5 Å². The normalized spacial score (nSPS) is 10.2. The van der Waals surface area contributed by atoms with Crippen molar-refractivity contribution in [3.8, 4) is 5.69 Å². The van der Waals surface area contributed by atoms with E-state index in [0.29, 0.717) is 5.69 Å². The van der Waals surface area contributed by atoms with Gasteiger partial charge in [0, 0.05) is 5.69 Å². The monoisotopic (exact) mass is 179 g/mol. The second kappa shape index (κ2) is 2.81. The van der Waals surface area contributed by atoms with Gasteiger partial charge in [-0.2, -0.15) is 4.68 Å². The molecule has 0 aliphatic heterocycles. The third-order valence-corrected chi connectivity index (χ3v) is 1.57. The van der Waals surface area contributed by atoms with Crippen LogP contribution in [-0.4, -0.2) is 20.2 Å². The standard InChI is InChI=1S/C7H6FN5/c8-6-2-1-5(9)3-7(6)13-4-10-11-12-13/h1-4H,9H2. The Kier molecular flexibility index (Phi) is 1.66. The van der Waals surface area contributed by atoms with Crippen molar-refractivity contribution in [3.05, 3.63) is 30.3 Å². The molecule has 0 aliphatic carbocycles. The molecular formula is C7H6FN5. The predicted octanol–water partition coefficient (Wildman–Crippen LogP) is 0.384. The largest absolute Gasteiger partial charge is 0.399 e. The Balaban J connectivity index is 2.57. The number of anilines is 1. The quantitative estimate of drug-likeness (QED) is 0.642. The number of hydrogen-bond acceptors (Lipinski definition) is 4. The van der Waals surface area contributed by atoms with Gasteiger partial charge in [-0.1, -0.05) is 0 Å². The van der Waals surface area contributed by atoms with E-state index in [1.165, 1.54) is 29.2 Å². The first-order valence-corrected chi connectivity index (χ1v) is 3.56. The van der Waals surface area contributed by atoms with Crippen molar-refractivity contribution < 1.29 is 4.39 Å². The molecule has 0 spiro atoms. The summed E-state index contributed by atoms with van der Waals surface area (Å²) in [5.74, 6) is -0.415. The van der Waals surface area contributed by atoms with Crippen LogP contribution in [0.25, 0.3) is 5.69 Å². The van der Waals surface area contributed by atoms with Crippen LogP contribution in [0.2, 0.25) is 0 Å². The van der Waals surface area contributed by atoms with E-state index in [2.05, 4.69) is 15.5 Å². The van der Waals surface area contributed by atoms with Gasteiger partial charge in [0.2, 0.25) is 0 Å². The van der Waals surface area contributed by atoms with E-state index in [1.54, 1.807) is 0 Å². The average Bonchev–Trinajstić information content (AvgIpc) is 2.61. The second-order valence-corrected chi connectivity index (χ2v) is 2.47. The van der Waals surface area contributed by atoms with Crippen molar-refractivity contribution in [1.29, 1.82) is 0 Å². The molecule has 0 radical (unpaired) electrons. The van der Waals surface area contributed by atoms with Gasteiger partial charge in [-0.15, -0.1) is 5.10 Å². The number of nitrogen functional groups attached to an aromatic ring is 1. The molecule has 0 saturated carbocycles. The first kappa shape index (κ1) is 7.66. The summed E-state index contributed by atoms with van der Waals surface area (Å²) in [5.41, 5.74) is 6.19. The molecule has 1 heterocycles. The molecule has 6 heteroatoms. The maximum absolute atomic E-state index is 13.2. The molecule has 0 bridgehead atoms. The molecule has 5 nitrogen and oxygen atoms in total. The Morgan fingerprint density at radius 2 is 2.23 bits per heavy atom. The summed E-state index contributed by atoms with van der Waals surface area (Å²) in [7, 11) is 0. The van der Waals surface area contributed by atoms with Gasteiger partial charge in [-0.3, -0.25) is 0 Å². The zero-order chi connectivity index (χ0) is 9.26. The first-order chi connectivity index (χ1) is 6.27. The minimum Gasteiger partial charge on any atom is -0.399 e. The maximum Gasteiger partial charge on any atom is 0.149 e.